The summed E-state index contributed by atoms with van der Waals surface area (Å²) in [5.74, 6) is 1.13. The summed E-state index contributed by atoms with van der Waals surface area (Å²) in [6.45, 7) is 11.4. The van der Waals surface area contributed by atoms with Crippen LogP contribution in [0.3, 0.4) is 0 Å². The minimum atomic E-state index is -0.0552. The molecule has 2 heterocycles. The fourth-order valence-electron chi connectivity index (χ4n) is 2.51. The van der Waals surface area contributed by atoms with Crippen LogP contribution in [0.2, 0.25) is 0 Å². The lowest BCUT2D eigenvalue weighted by Crippen LogP contribution is -2.22. The van der Waals surface area contributed by atoms with Gasteiger partial charge in [0.05, 0.1) is 11.7 Å². The largest absolute Gasteiger partial charge is 0.474 e. The molecule has 0 spiro atoms. The number of rotatable bonds is 4. The van der Waals surface area contributed by atoms with Crippen LogP contribution in [0, 0.1) is 11.3 Å². The fraction of sp³-hybridized carbons (Fsp3) is 0.647. The van der Waals surface area contributed by atoms with Gasteiger partial charge in [-0.15, -0.1) is 0 Å². The van der Waals surface area contributed by atoms with Gasteiger partial charge in [0.1, 0.15) is 18.4 Å². The van der Waals surface area contributed by atoms with Crippen molar-refractivity contribution in [2.75, 3.05) is 13.7 Å². The van der Waals surface area contributed by atoms with Crippen LogP contribution in [-0.2, 0) is 9.47 Å². The summed E-state index contributed by atoms with van der Waals surface area (Å²) in [5, 5.41) is 0. The molecule has 0 bridgehead atoms. The average Bonchev–Trinajstić information content (AvgIpc) is 2.88. The smallest absolute Gasteiger partial charge is 0.235 e. The molecule has 1 aliphatic rings. The van der Waals surface area contributed by atoms with Gasteiger partial charge in [-0.1, -0.05) is 40.7 Å². The Bertz CT molecular complexity index is 518. The zero-order valence-electron chi connectivity index (χ0n) is 13.9. The first-order valence-corrected chi connectivity index (χ1v) is 7.53. The van der Waals surface area contributed by atoms with Crippen molar-refractivity contribution in [1.29, 1.82) is 0 Å². The molecule has 0 saturated carbocycles. The molecule has 116 valence electrons. The first kappa shape index (κ1) is 16.0. The van der Waals surface area contributed by atoms with Crippen LogP contribution >= 0.6 is 0 Å². The second-order valence-electron chi connectivity index (χ2n) is 6.99. The maximum absolute atomic E-state index is 5.71. The highest BCUT2D eigenvalue weighted by molar-refractivity contribution is 5.93. The van der Waals surface area contributed by atoms with Crippen molar-refractivity contribution < 1.29 is 9.47 Å². The third-order valence-corrected chi connectivity index (χ3v) is 3.72. The van der Waals surface area contributed by atoms with Crippen LogP contribution in [-0.4, -0.2) is 30.6 Å². The van der Waals surface area contributed by atoms with E-state index in [4.69, 9.17) is 14.5 Å². The first-order chi connectivity index (χ1) is 9.82. The Hall–Kier alpha value is -1.42. The van der Waals surface area contributed by atoms with E-state index in [0.29, 0.717) is 18.4 Å². The molecule has 0 aromatic carbocycles. The van der Waals surface area contributed by atoms with E-state index in [9.17, 15) is 0 Å². The zero-order chi connectivity index (χ0) is 15.6. The molecule has 4 heteroatoms. The summed E-state index contributed by atoms with van der Waals surface area (Å²) < 4.78 is 11.3. The van der Waals surface area contributed by atoms with Gasteiger partial charge < -0.3 is 9.47 Å². The molecular weight excluding hydrogens is 264 g/mol. The van der Waals surface area contributed by atoms with Crippen molar-refractivity contribution in [2.24, 2.45) is 16.3 Å². The Morgan fingerprint density at radius 1 is 1.29 bits per heavy atom. The number of hydrogen-bond donors (Lipinski definition) is 0. The van der Waals surface area contributed by atoms with Crippen molar-refractivity contribution in [3.63, 3.8) is 0 Å². The molecule has 1 aromatic rings. The molecule has 4 nitrogen and oxygen atoms in total. The normalized spacial score (nSPS) is 20.3. The van der Waals surface area contributed by atoms with Gasteiger partial charge in [0.15, 0.2) is 0 Å². The summed E-state index contributed by atoms with van der Waals surface area (Å²) in [5.41, 5.74) is 1.70. The molecule has 1 aliphatic heterocycles. The molecule has 0 aliphatic carbocycles. The van der Waals surface area contributed by atoms with Gasteiger partial charge in [-0.3, -0.25) is 0 Å². The highest BCUT2D eigenvalue weighted by Gasteiger charge is 2.29. The second-order valence-corrected chi connectivity index (χ2v) is 6.99. The SMILES string of the molecule is CO[C@H](c1cccc(C2=N[C@@H](C(C)C)CO2)n1)C(C)(C)C. The quantitative estimate of drug-likeness (QED) is 0.850. The standard InChI is InChI=1S/C17H26N2O2/c1-11(2)14-10-21-16(19-14)13-9-7-8-12(18-13)15(20-6)17(3,4)5/h7-9,11,14-15H,10H2,1-6H3/t14-,15-/m1/s1. The van der Waals surface area contributed by atoms with Crippen molar-refractivity contribution in [1.82, 2.24) is 4.98 Å². The third-order valence-electron chi connectivity index (χ3n) is 3.72. The summed E-state index contributed by atoms with van der Waals surface area (Å²) in [4.78, 5) is 9.34. The molecule has 2 atom stereocenters. The molecule has 0 amide bonds. The van der Waals surface area contributed by atoms with Crippen LogP contribution in [0.1, 0.15) is 52.1 Å². The predicted molar refractivity (Wildman–Crippen MR) is 84.6 cm³/mol. The van der Waals surface area contributed by atoms with Crippen molar-refractivity contribution in [3.8, 4) is 0 Å². The van der Waals surface area contributed by atoms with Crippen molar-refractivity contribution >= 4 is 5.90 Å². The minimum Gasteiger partial charge on any atom is -0.474 e. The number of methoxy groups -OCH3 is 1. The zero-order valence-corrected chi connectivity index (χ0v) is 13.9. The maximum Gasteiger partial charge on any atom is 0.235 e. The number of nitrogens with zero attached hydrogens (tertiary/aromatic N) is 2. The summed E-state index contributed by atoms with van der Waals surface area (Å²) in [6, 6.07) is 6.16. The number of hydrogen-bond acceptors (Lipinski definition) is 4. The van der Waals surface area contributed by atoms with E-state index >= 15 is 0 Å². The molecule has 0 fully saturated rings. The Balaban J connectivity index is 2.28. The first-order valence-electron chi connectivity index (χ1n) is 7.53. The lowest BCUT2D eigenvalue weighted by Gasteiger charge is -2.29. The van der Waals surface area contributed by atoms with Crippen molar-refractivity contribution in [3.05, 3.63) is 29.6 Å². The molecule has 1 aromatic heterocycles. The lowest BCUT2D eigenvalue weighted by atomic mass is 9.87. The van der Waals surface area contributed by atoms with E-state index in [2.05, 4.69) is 39.6 Å². The number of aliphatic imine (C=N–C) groups is 1. The lowest BCUT2D eigenvalue weighted by molar-refractivity contribution is 0.0120. The summed E-state index contributed by atoms with van der Waals surface area (Å²) in [7, 11) is 1.72. The Kier molecular flexibility index (Phi) is 4.67. The Morgan fingerprint density at radius 3 is 2.52 bits per heavy atom. The highest BCUT2D eigenvalue weighted by Crippen LogP contribution is 2.34. The molecule has 2 rings (SSSR count). The monoisotopic (exact) mass is 290 g/mol. The van der Waals surface area contributed by atoms with E-state index in [-0.39, 0.29) is 17.6 Å². The van der Waals surface area contributed by atoms with E-state index in [1.54, 1.807) is 7.11 Å². The molecular formula is C17H26N2O2. The van der Waals surface area contributed by atoms with Gasteiger partial charge in [0.25, 0.3) is 0 Å². The average molecular weight is 290 g/mol. The van der Waals surface area contributed by atoms with Crippen LogP contribution in [0.15, 0.2) is 23.2 Å². The predicted octanol–water partition coefficient (Wildman–Crippen LogP) is 3.62. The van der Waals surface area contributed by atoms with Gasteiger partial charge in [-0.25, -0.2) is 9.98 Å². The topological polar surface area (TPSA) is 43.7 Å². The van der Waals surface area contributed by atoms with Crippen LogP contribution in [0.25, 0.3) is 0 Å². The fourth-order valence-corrected chi connectivity index (χ4v) is 2.51. The van der Waals surface area contributed by atoms with E-state index in [0.717, 1.165) is 11.4 Å². The van der Waals surface area contributed by atoms with Gasteiger partial charge in [-0.2, -0.15) is 0 Å². The van der Waals surface area contributed by atoms with E-state index in [1.165, 1.54) is 0 Å². The maximum atomic E-state index is 5.71. The molecule has 21 heavy (non-hydrogen) atoms. The Morgan fingerprint density at radius 2 is 2.00 bits per heavy atom. The number of aromatic nitrogens is 1. The van der Waals surface area contributed by atoms with Crippen molar-refractivity contribution in [2.45, 2.75) is 46.8 Å². The van der Waals surface area contributed by atoms with Crippen LogP contribution in [0.4, 0.5) is 0 Å². The van der Waals surface area contributed by atoms with Gasteiger partial charge in [0, 0.05) is 7.11 Å². The minimum absolute atomic E-state index is 0.0147. The van der Waals surface area contributed by atoms with E-state index < -0.39 is 0 Å². The second kappa shape index (κ2) is 6.14. The van der Waals surface area contributed by atoms with Gasteiger partial charge >= 0.3 is 0 Å². The Labute approximate surface area is 127 Å². The van der Waals surface area contributed by atoms with Gasteiger partial charge in [0.2, 0.25) is 5.90 Å². The van der Waals surface area contributed by atoms with Crippen LogP contribution in [0.5, 0.6) is 0 Å². The number of ether oxygens (including phenoxy) is 2. The van der Waals surface area contributed by atoms with E-state index in [1.807, 2.05) is 18.2 Å². The van der Waals surface area contributed by atoms with Gasteiger partial charge in [-0.05, 0) is 23.5 Å². The molecule has 0 N–H and O–H groups in total. The third kappa shape index (κ3) is 3.62. The molecule has 0 radical (unpaired) electrons. The summed E-state index contributed by atoms with van der Waals surface area (Å²) in [6.07, 6.45) is -0.0552. The van der Waals surface area contributed by atoms with Crippen LogP contribution < -0.4 is 0 Å². The molecule has 0 saturated heterocycles. The number of pyridine rings is 1. The molecule has 0 unspecified atom stereocenters. The highest BCUT2D eigenvalue weighted by atomic mass is 16.5. The summed E-state index contributed by atoms with van der Waals surface area (Å²) >= 11 is 0.